The molecule has 2 aromatic heterocycles. The van der Waals surface area contributed by atoms with E-state index in [9.17, 15) is 19.3 Å². The molecule has 0 aliphatic carbocycles. The zero-order chi connectivity index (χ0) is 32.0. The standard InChI is InChI=1S/C30H33N6O8P/c1-30(2,28(39)41-16-20-9-4-3-5-10-20)35-45(40,44-24-14-8-12-21-11-6-7-13-23(21)24)43-17-22(15-37)42-19-36-18-32-25-26(36)33-29(31)34-27(25)38/h3-14,18,22,37H,15-17,19H2,1-2H3,(H,35,40)(H3,31,33,34,38). The molecule has 0 bridgehead atoms. The molecule has 0 spiro atoms. The van der Waals surface area contributed by atoms with E-state index in [1.54, 1.807) is 18.2 Å². The fourth-order valence-electron chi connectivity index (χ4n) is 4.36. The molecule has 15 heteroatoms. The van der Waals surface area contributed by atoms with Gasteiger partial charge in [0.15, 0.2) is 11.2 Å². The van der Waals surface area contributed by atoms with Crippen molar-refractivity contribution in [2.45, 2.75) is 38.8 Å². The highest BCUT2D eigenvalue weighted by Gasteiger charge is 2.41. The Bertz CT molecular complexity index is 1890. The van der Waals surface area contributed by atoms with E-state index in [1.165, 1.54) is 24.7 Å². The Morgan fingerprint density at radius 2 is 1.84 bits per heavy atom. The minimum atomic E-state index is -4.36. The Labute approximate surface area is 257 Å². The number of nitrogens with two attached hydrogens (primary N) is 1. The van der Waals surface area contributed by atoms with Crippen molar-refractivity contribution >= 4 is 41.6 Å². The number of hydrogen-bond acceptors (Lipinski definition) is 11. The summed E-state index contributed by atoms with van der Waals surface area (Å²) < 4.78 is 38.8. The van der Waals surface area contributed by atoms with Gasteiger partial charge in [-0.25, -0.2) is 9.55 Å². The molecule has 14 nitrogen and oxygen atoms in total. The lowest BCUT2D eigenvalue weighted by atomic mass is 10.1. The third-order valence-corrected chi connectivity index (χ3v) is 8.44. The van der Waals surface area contributed by atoms with Crippen LogP contribution >= 0.6 is 7.75 Å². The lowest BCUT2D eigenvalue weighted by Crippen LogP contribution is -2.47. The number of aromatic amines is 1. The van der Waals surface area contributed by atoms with E-state index in [2.05, 4.69) is 20.0 Å². The Morgan fingerprint density at radius 3 is 2.62 bits per heavy atom. The molecule has 236 valence electrons. The van der Waals surface area contributed by atoms with Gasteiger partial charge >= 0.3 is 13.7 Å². The molecule has 0 aliphatic heterocycles. The Hall–Kier alpha value is -4.59. The van der Waals surface area contributed by atoms with Gasteiger partial charge in [-0.05, 0) is 30.9 Å². The number of imidazole rings is 1. The van der Waals surface area contributed by atoms with Gasteiger partial charge in [0.25, 0.3) is 5.56 Å². The molecule has 0 saturated carbocycles. The van der Waals surface area contributed by atoms with Crippen LogP contribution in [0.25, 0.3) is 21.9 Å². The van der Waals surface area contributed by atoms with E-state index >= 15 is 0 Å². The summed E-state index contributed by atoms with van der Waals surface area (Å²) in [6.07, 6.45) is 0.322. The van der Waals surface area contributed by atoms with Gasteiger partial charge in [-0.2, -0.15) is 10.1 Å². The molecular weight excluding hydrogens is 603 g/mol. The summed E-state index contributed by atoms with van der Waals surface area (Å²) in [5, 5.41) is 14.3. The average Bonchev–Trinajstić information content (AvgIpc) is 3.43. The van der Waals surface area contributed by atoms with E-state index < -0.39 is 44.1 Å². The summed E-state index contributed by atoms with van der Waals surface area (Å²) in [5.74, 6) is -0.545. The van der Waals surface area contributed by atoms with Gasteiger partial charge in [0, 0.05) is 5.39 Å². The number of rotatable bonds is 14. The second-order valence-corrected chi connectivity index (χ2v) is 12.3. The van der Waals surface area contributed by atoms with Gasteiger partial charge in [0.05, 0.1) is 19.5 Å². The van der Waals surface area contributed by atoms with Crippen LogP contribution in [0.2, 0.25) is 0 Å². The van der Waals surface area contributed by atoms with Gasteiger partial charge in [0.2, 0.25) is 5.95 Å². The number of nitrogen functional groups attached to an aromatic ring is 1. The second-order valence-electron chi connectivity index (χ2n) is 10.6. The van der Waals surface area contributed by atoms with Gasteiger partial charge in [-0.15, -0.1) is 0 Å². The molecule has 0 fully saturated rings. The van der Waals surface area contributed by atoms with Crippen LogP contribution in [0.3, 0.4) is 0 Å². The smallest absolute Gasteiger partial charge is 0.459 e. The number of H-pyrrole nitrogens is 1. The van der Waals surface area contributed by atoms with Crippen molar-refractivity contribution in [3.05, 3.63) is 95.0 Å². The predicted molar refractivity (Wildman–Crippen MR) is 166 cm³/mol. The van der Waals surface area contributed by atoms with Gasteiger partial charge < -0.3 is 24.8 Å². The van der Waals surface area contributed by atoms with Crippen LogP contribution in [0.4, 0.5) is 5.95 Å². The summed E-state index contributed by atoms with van der Waals surface area (Å²) in [6, 6.07) is 21.7. The van der Waals surface area contributed by atoms with Crippen LogP contribution in [-0.4, -0.2) is 55.5 Å². The first-order valence-corrected chi connectivity index (χ1v) is 15.5. The zero-order valence-corrected chi connectivity index (χ0v) is 25.5. The predicted octanol–water partition coefficient (Wildman–Crippen LogP) is 3.51. The summed E-state index contributed by atoms with van der Waals surface area (Å²) >= 11 is 0. The molecule has 0 saturated heterocycles. The molecule has 0 amide bonds. The summed E-state index contributed by atoms with van der Waals surface area (Å²) in [4.78, 5) is 35.7. The molecule has 5 aromatic rings. The quantitative estimate of drug-likeness (QED) is 0.103. The highest BCUT2D eigenvalue weighted by molar-refractivity contribution is 7.52. The lowest BCUT2D eigenvalue weighted by Gasteiger charge is -2.30. The van der Waals surface area contributed by atoms with Crippen molar-refractivity contribution in [2.24, 2.45) is 0 Å². The molecule has 0 aliphatic rings. The number of hydrogen-bond donors (Lipinski definition) is 4. The van der Waals surface area contributed by atoms with Gasteiger partial charge in [-0.3, -0.25) is 23.7 Å². The Morgan fingerprint density at radius 1 is 1.11 bits per heavy atom. The molecule has 45 heavy (non-hydrogen) atoms. The minimum absolute atomic E-state index is 0.00978. The van der Waals surface area contributed by atoms with Crippen LogP contribution in [0, 0.1) is 0 Å². The summed E-state index contributed by atoms with van der Waals surface area (Å²) in [6.45, 7) is 1.86. The first-order valence-electron chi connectivity index (χ1n) is 13.9. The number of nitrogens with one attached hydrogen (secondary N) is 2. The number of aliphatic hydroxyl groups is 1. The molecular formula is C30H33N6O8P. The molecule has 5 N–H and O–H groups in total. The van der Waals surface area contributed by atoms with Crippen LogP contribution in [0.1, 0.15) is 19.4 Å². The largest absolute Gasteiger partial charge is 0.459 e. The maximum atomic E-state index is 14.3. The fraction of sp³-hybridized carbons (Fsp3) is 0.267. The average molecular weight is 637 g/mol. The van der Waals surface area contributed by atoms with Crippen molar-refractivity contribution in [2.75, 3.05) is 18.9 Å². The third kappa shape index (κ3) is 7.74. The van der Waals surface area contributed by atoms with Crippen LogP contribution < -0.4 is 20.9 Å². The monoisotopic (exact) mass is 636 g/mol. The maximum absolute atomic E-state index is 14.3. The first-order chi connectivity index (χ1) is 21.6. The van der Waals surface area contributed by atoms with Crippen molar-refractivity contribution in [3.8, 4) is 5.75 Å². The zero-order valence-electron chi connectivity index (χ0n) is 24.6. The lowest BCUT2D eigenvalue weighted by molar-refractivity contribution is -0.151. The van der Waals surface area contributed by atoms with Crippen molar-refractivity contribution < 1.29 is 33.0 Å². The second kappa shape index (κ2) is 13.6. The number of nitrogens with zero attached hydrogens (tertiary/aromatic N) is 3. The molecule has 2 atom stereocenters. The Kier molecular flexibility index (Phi) is 9.61. The van der Waals surface area contributed by atoms with E-state index in [0.29, 0.717) is 5.39 Å². The topological polar surface area (TPSA) is 193 Å². The minimum Gasteiger partial charge on any atom is -0.459 e. The van der Waals surface area contributed by atoms with Crippen LogP contribution in [0.5, 0.6) is 5.75 Å². The Balaban J connectivity index is 1.33. The molecule has 3 aromatic carbocycles. The van der Waals surface area contributed by atoms with Crippen LogP contribution in [-0.2, 0) is 36.7 Å². The number of benzene rings is 3. The van der Waals surface area contributed by atoms with E-state index in [4.69, 9.17) is 24.3 Å². The SMILES string of the molecule is CC(C)(NP(=O)(OCC(CO)OCn1cnc2c(=O)[nH]c(N)nc21)Oc1cccc2ccccc12)C(=O)OCc1ccccc1. The van der Waals surface area contributed by atoms with Crippen LogP contribution in [0.15, 0.2) is 83.9 Å². The van der Waals surface area contributed by atoms with Crippen molar-refractivity contribution in [3.63, 3.8) is 0 Å². The summed E-state index contributed by atoms with van der Waals surface area (Å²) in [5.41, 5.74) is 4.63. The number of carbonyl (C=O) groups excluding carboxylic acids is 1. The number of aliphatic hydroxyl groups excluding tert-OH is 1. The molecule has 0 radical (unpaired) electrons. The van der Waals surface area contributed by atoms with E-state index in [0.717, 1.165) is 10.9 Å². The highest BCUT2D eigenvalue weighted by atomic mass is 31.2. The summed E-state index contributed by atoms with van der Waals surface area (Å²) in [7, 11) is -4.36. The third-order valence-electron chi connectivity index (χ3n) is 6.68. The molecule has 2 unspecified atom stereocenters. The number of carbonyl (C=O) groups is 1. The molecule has 2 heterocycles. The number of aromatic nitrogens is 4. The number of anilines is 1. The fourth-order valence-corrected chi connectivity index (χ4v) is 6.08. The number of fused-ring (bicyclic) bond motifs is 2. The van der Waals surface area contributed by atoms with E-state index in [1.807, 2.05) is 54.6 Å². The van der Waals surface area contributed by atoms with Gasteiger partial charge in [0.1, 0.15) is 30.7 Å². The highest BCUT2D eigenvalue weighted by Crippen LogP contribution is 2.48. The number of ether oxygens (including phenoxy) is 2. The first kappa shape index (κ1) is 31.8. The van der Waals surface area contributed by atoms with E-state index in [-0.39, 0.29) is 36.2 Å². The van der Waals surface area contributed by atoms with Crippen molar-refractivity contribution in [1.82, 2.24) is 24.6 Å². The maximum Gasteiger partial charge on any atom is 0.459 e. The number of esters is 1. The van der Waals surface area contributed by atoms with Crippen molar-refractivity contribution in [1.29, 1.82) is 0 Å². The molecule has 5 rings (SSSR count). The normalized spacial score (nSPS) is 13.8. The van der Waals surface area contributed by atoms with Gasteiger partial charge in [-0.1, -0.05) is 66.7 Å².